The molecule has 0 fully saturated rings. The SMILES string of the molecule is CO[Si](C)(C)CCCO[C@@H]1CCOc2ccc3cc(-c4ccccc4)c(cc3c2)OCCOCCOCCOCCOCCOc2cc3cc(ccc3cc2-c2ccccc2)OCC[C@H]1OCCC[Si](C)(C)O. The Labute approximate surface area is 435 Å². The molecule has 7 rings (SSSR count). The summed E-state index contributed by atoms with van der Waals surface area (Å²) in [6.07, 6.45) is 2.28. The molecule has 1 N–H and O–H groups in total. The van der Waals surface area contributed by atoms with Crippen LogP contribution in [0.15, 0.2) is 121 Å². The van der Waals surface area contributed by atoms with Gasteiger partial charge in [0.1, 0.15) is 36.2 Å². The van der Waals surface area contributed by atoms with Crippen molar-refractivity contribution in [2.45, 2.75) is 76.2 Å². The molecule has 394 valence electrons. The Balaban J connectivity index is 1.12. The Morgan fingerprint density at radius 2 is 0.863 bits per heavy atom. The monoisotopic (exact) mass is 1030 g/mol. The summed E-state index contributed by atoms with van der Waals surface area (Å²) in [5, 5.41) is 4.17. The molecule has 1 heterocycles. The Morgan fingerprint density at radius 3 is 1.27 bits per heavy atom. The Bertz CT molecular complexity index is 2540. The van der Waals surface area contributed by atoms with Gasteiger partial charge in [-0.1, -0.05) is 72.8 Å². The molecule has 6 aromatic rings. The van der Waals surface area contributed by atoms with Gasteiger partial charge in [-0.3, -0.25) is 0 Å². The van der Waals surface area contributed by atoms with Crippen molar-refractivity contribution in [2.24, 2.45) is 0 Å². The summed E-state index contributed by atoms with van der Waals surface area (Å²) in [5.74, 6) is 3.06. The van der Waals surface area contributed by atoms with E-state index in [2.05, 4.69) is 85.9 Å². The van der Waals surface area contributed by atoms with Crippen molar-refractivity contribution in [3.05, 3.63) is 121 Å². The molecular formula is C59H78O12Si2. The number of fused-ring (bicyclic) bond motifs is 4. The van der Waals surface area contributed by atoms with Gasteiger partial charge >= 0.3 is 0 Å². The van der Waals surface area contributed by atoms with Crippen LogP contribution in [-0.4, -0.2) is 133 Å². The fraction of sp³-hybridized carbons (Fsp3) is 0.458. The van der Waals surface area contributed by atoms with Crippen LogP contribution in [0.3, 0.4) is 0 Å². The quantitative estimate of drug-likeness (QED) is 0.0875. The fourth-order valence-corrected chi connectivity index (χ4v) is 10.9. The Hall–Kier alpha value is -4.85. The molecule has 2 atom stereocenters. The third kappa shape index (κ3) is 18.8. The molecule has 6 aromatic carbocycles. The molecule has 0 saturated carbocycles. The smallest absolute Gasteiger partial charge is 0.186 e. The maximum atomic E-state index is 10.7. The third-order valence-electron chi connectivity index (χ3n) is 12.9. The number of hydrogen-bond donors (Lipinski definition) is 1. The largest absolute Gasteiger partial charge is 0.493 e. The molecule has 0 radical (unpaired) electrons. The minimum absolute atomic E-state index is 0.273. The summed E-state index contributed by atoms with van der Waals surface area (Å²) in [4.78, 5) is 10.7. The zero-order valence-corrected chi connectivity index (χ0v) is 45.8. The van der Waals surface area contributed by atoms with E-state index in [1.165, 1.54) is 0 Å². The molecule has 0 unspecified atom stereocenters. The first kappa shape index (κ1) is 55.9. The lowest BCUT2D eigenvalue weighted by molar-refractivity contribution is -0.0862. The summed E-state index contributed by atoms with van der Waals surface area (Å²) in [7, 11) is -2.22. The lowest BCUT2D eigenvalue weighted by atomic mass is 10.00. The number of benzene rings is 6. The van der Waals surface area contributed by atoms with Gasteiger partial charge in [-0.15, -0.1) is 0 Å². The highest BCUT2D eigenvalue weighted by atomic mass is 28.4. The van der Waals surface area contributed by atoms with Crippen molar-refractivity contribution in [2.75, 3.05) is 99.6 Å². The molecule has 0 saturated heterocycles. The summed E-state index contributed by atoms with van der Waals surface area (Å²) in [5.41, 5.74) is 4.16. The van der Waals surface area contributed by atoms with Crippen LogP contribution >= 0.6 is 0 Å². The van der Waals surface area contributed by atoms with Crippen molar-refractivity contribution in [1.82, 2.24) is 0 Å². The van der Waals surface area contributed by atoms with Crippen molar-refractivity contribution >= 4 is 38.2 Å². The van der Waals surface area contributed by atoms with E-state index in [1.54, 1.807) is 0 Å². The van der Waals surface area contributed by atoms with Gasteiger partial charge in [0.15, 0.2) is 16.6 Å². The van der Waals surface area contributed by atoms with Crippen molar-refractivity contribution in [3.8, 4) is 45.3 Å². The van der Waals surface area contributed by atoms with Gasteiger partial charge in [0, 0.05) is 44.3 Å². The summed E-state index contributed by atoms with van der Waals surface area (Å²) >= 11 is 0. The number of ether oxygens (including phenoxy) is 10. The van der Waals surface area contributed by atoms with Crippen molar-refractivity contribution in [1.29, 1.82) is 0 Å². The van der Waals surface area contributed by atoms with Crippen LogP contribution in [0.1, 0.15) is 25.7 Å². The molecular weight excluding hydrogens is 957 g/mol. The van der Waals surface area contributed by atoms with E-state index in [1.807, 2.05) is 68.7 Å². The minimum atomic E-state index is -2.25. The summed E-state index contributed by atoms with van der Waals surface area (Å²) < 4.78 is 68.5. The van der Waals surface area contributed by atoms with Gasteiger partial charge in [0.2, 0.25) is 0 Å². The molecule has 73 heavy (non-hydrogen) atoms. The molecule has 6 bridgehead atoms. The van der Waals surface area contributed by atoms with E-state index in [4.69, 9.17) is 51.8 Å². The predicted molar refractivity (Wildman–Crippen MR) is 296 cm³/mol. The molecule has 0 amide bonds. The van der Waals surface area contributed by atoms with E-state index in [-0.39, 0.29) is 12.2 Å². The summed E-state index contributed by atoms with van der Waals surface area (Å²) in [6, 6.07) is 43.2. The zero-order chi connectivity index (χ0) is 51.1. The fourth-order valence-electron chi connectivity index (χ4n) is 8.71. The van der Waals surface area contributed by atoms with E-state index < -0.39 is 16.6 Å². The van der Waals surface area contributed by atoms with Gasteiger partial charge in [0.05, 0.1) is 78.3 Å². The van der Waals surface area contributed by atoms with Crippen LogP contribution < -0.4 is 18.9 Å². The predicted octanol–water partition coefficient (Wildman–Crippen LogP) is 12.0. The average Bonchev–Trinajstić information content (AvgIpc) is 3.39. The lowest BCUT2D eigenvalue weighted by Crippen LogP contribution is -2.36. The van der Waals surface area contributed by atoms with Crippen LogP contribution in [0.5, 0.6) is 23.0 Å². The lowest BCUT2D eigenvalue weighted by Gasteiger charge is -2.29. The van der Waals surface area contributed by atoms with Crippen LogP contribution in [-0.2, 0) is 32.8 Å². The average molecular weight is 1040 g/mol. The second-order valence-corrected chi connectivity index (χ2v) is 28.2. The maximum Gasteiger partial charge on any atom is 0.186 e. The van der Waals surface area contributed by atoms with Gasteiger partial charge in [-0.2, -0.15) is 0 Å². The van der Waals surface area contributed by atoms with Crippen LogP contribution in [0.25, 0.3) is 43.8 Å². The van der Waals surface area contributed by atoms with Gasteiger partial charge < -0.3 is 56.6 Å². The second-order valence-electron chi connectivity index (χ2n) is 19.7. The highest BCUT2D eigenvalue weighted by Crippen LogP contribution is 2.37. The molecule has 14 heteroatoms. The normalized spacial score (nSPS) is 17.9. The van der Waals surface area contributed by atoms with Crippen LogP contribution in [0.4, 0.5) is 0 Å². The standard InChI is InChI=1S/C59H78O12Si2/c1-61-73(4,5)39-13-25-69-57-23-27-67-53-21-19-49-43-55(47-16-10-7-11-17-47)59(45-51(49)41-53)71-37-35-65-33-31-63-29-28-62-30-32-64-34-36-70-58-44-50-40-52(66-26-22-56(57)68-24-12-38-72(2,3)60)20-18-48(50)42-54(58)46-14-8-6-9-15-46/h6-11,14-21,40-45,56-57,60H,12-13,22-39H2,1-5H3/t56-,57-/m1/s1. The van der Waals surface area contributed by atoms with E-state index >= 15 is 0 Å². The topological polar surface area (TPSA) is 122 Å². The third-order valence-corrected chi connectivity index (χ3v) is 17.1. The first-order valence-corrected chi connectivity index (χ1v) is 32.4. The number of rotatable bonds is 13. The molecule has 0 spiro atoms. The number of hydrogen-bond acceptors (Lipinski definition) is 12. The minimum Gasteiger partial charge on any atom is -0.493 e. The Kier molecular flexibility index (Phi) is 22.4. The van der Waals surface area contributed by atoms with Crippen molar-refractivity contribution in [3.63, 3.8) is 0 Å². The van der Waals surface area contributed by atoms with E-state index in [9.17, 15) is 4.80 Å². The maximum absolute atomic E-state index is 10.7. The summed E-state index contributed by atoms with van der Waals surface area (Å²) in [6.45, 7) is 14.6. The second kappa shape index (κ2) is 29.3. The Morgan fingerprint density at radius 1 is 0.452 bits per heavy atom. The van der Waals surface area contributed by atoms with E-state index in [0.29, 0.717) is 105 Å². The first-order chi connectivity index (χ1) is 35.5. The van der Waals surface area contributed by atoms with Gasteiger partial charge in [0.25, 0.3) is 0 Å². The molecule has 12 nitrogen and oxygen atoms in total. The van der Waals surface area contributed by atoms with Crippen molar-refractivity contribution < 1.29 is 56.6 Å². The van der Waals surface area contributed by atoms with Gasteiger partial charge in [-0.05, 0) is 132 Å². The molecule has 0 aromatic heterocycles. The van der Waals surface area contributed by atoms with Crippen LogP contribution in [0, 0.1) is 0 Å². The molecule has 1 aliphatic rings. The van der Waals surface area contributed by atoms with Crippen LogP contribution in [0.2, 0.25) is 38.3 Å². The highest BCUT2D eigenvalue weighted by Gasteiger charge is 2.26. The first-order valence-electron chi connectivity index (χ1n) is 26.1. The highest BCUT2D eigenvalue weighted by molar-refractivity contribution is 6.71. The van der Waals surface area contributed by atoms with Gasteiger partial charge in [-0.25, -0.2) is 0 Å². The van der Waals surface area contributed by atoms with E-state index in [0.717, 1.165) is 91.7 Å². The molecule has 1 aliphatic heterocycles. The zero-order valence-electron chi connectivity index (χ0n) is 43.8. The molecule has 0 aliphatic carbocycles.